The monoisotopic (exact) mass is 407 g/mol. The molecule has 1 aromatic heterocycles. The summed E-state index contributed by atoms with van der Waals surface area (Å²) in [5.74, 6) is -0.157. The first kappa shape index (κ1) is 12.5. The molecule has 0 N–H and O–H groups in total. The number of halogens is 2. The van der Waals surface area contributed by atoms with Gasteiger partial charge in [0.05, 0.1) is 17.8 Å². The van der Waals surface area contributed by atoms with E-state index in [4.69, 9.17) is 0 Å². The van der Waals surface area contributed by atoms with E-state index in [1.165, 1.54) is 0 Å². The summed E-state index contributed by atoms with van der Waals surface area (Å²) in [4.78, 5) is 10.1. The molecule has 0 atom stereocenters. The second kappa shape index (κ2) is 5.13. The Morgan fingerprint density at radius 2 is 2.06 bits per heavy atom. The van der Waals surface area contributed by atoms with Gasteiger partial charge < -0.3 is 10.1 Å². The molecular weight excluding hydrogens is 401 g/mol. The number of aromatic nitrogens is 2. The molecule has 0 fully saturated rings. The van der Waals surface area contributed by atoms with Crippen molar-refractivity contribution >= 4 is 44.3 Å². The Hall–Kier alpha value is -0.960. The first-order valence-electron chi connectivity index (χ1n) is 4.68. The maximum Gasteiger partial charge on any atom is 0.404 e. The largest absolute Gasteiger partial charge is 0.404 e. The van der Waals surface area contributed by atoms with Crippen molar-refractivity contribution in [2.45, 2.75) is 6.54 Å². The zero-order valence-corrected chi connectivity index (χ0v) is 12.3. The highest BCUT2D eigenvalue weighted by Crippen LogP contribution is 2.22. The van der Waals surface area contributed by atoms with Gasteiger partial charge in [0, 0.05) is 3.57 Å². The zero-order chi connectivity index (χ0) is 12.4. The molecule has 0 radical (unpaired) electrons. The van der Waals surface area contributed by atoms with Crippen molar-refractivity contribution in [3.8, 4) is 0 Å². The summed E-state index contributed by atoms with van der Waals surface area (Å²) in [5, 5.41) is 14.5. The van der Waals surface area contributed by atoms with Gasteiger partial charge in [-0.15, -0.1) is 0 Å². The van der Waals surface area contributed by atoms with E-state index >= 15 is 0 Å². The molecule has 0 amide bonds. The Morgan fingerprint density at radius 3 is 2.59 bits per heavy atom. The third-order valence-corrected chi connectivity index (χ3v) is 3.41. The van der Waals surface area contributed by atoms with Gasteiger partial charge in [0.15, 0.2) is 0 Å². The molecule has 88 valence electrons. The molecule has 0 spiro atoms. The Kier molecular flexibility index (Phi) is 3.77. The molecule has 0 saturated carbocycles. The van der Waals surface area contributed by atoms with Crippen molar-refractivity contribution in [2.75, 3.05) is 0 Å². The summed E-state index contributed by atoms with van der Waals surface area (Å²) < 4.78 is 3.09. The smallest absolute Gasteiger partial charge is 0.358 e. The Labute approximate surface area is 119 Å². The first-order valence-corrected chi connectivity index (χ1v) is 6.55. The Balaban J connectivity index is 2.22. The standard InChI is InChI=1S/C10H7BrIN3O2/c11-9-6-14(13-10(9)15(16)17)5-7-1-3-8(12)4-2-7/h1-4,6H,5H2. The molecule has 0 aliphatic heterocycles. The fourth-order valence-electron chi connectivity index (χ4n) is 1.37. The lowest BCUT2D eigenvalue weighted by Gasteiger charge is -1.98. The first-order chi connectivity index (χ1) is 8.06. The van der Waals surface area contributed by atoms with Crippen LogP contribution in [-0.2, 0) is 6.54 Å². The second-order valence-electron chi connectivity index (χ2n) is 3.38. The van der Waals surface area contributed by atoms with Crippen LogP contribution in [0.15, 0.2) is 34.9 Å². The van der Waals surface area contributed by atoms with Gasteiger partial charge in [-0.1, -0.05) is 12.1 Å². The third kappa shape index (κ3) is 3.03. The van der Waals surface area contributed by atoms with Gasteiger partial charge >= 0.3 is 5.82 Å². The van der Waals surface area contributed by atoms with Gasteiger partial charge in [0.25, 0.3) is 0 Å². The van der Waals surface area contributed by atoms with Crippen LogP contribution in [0.25, 0.3) is 0 Å². The molecule has 0 aliphatic rings. The summed E-state index contributed by atoms with van der Waals surface area (Å²) in [7, 11) is 0. The fourth-order valence-corrected chi connectivity index (χ4v) is 2.19. The van der Waals surface area contributed by atoms with E-state index in [2.05, 4.69) is 43.6 Å². The number of nitrogens with zero attached hydrogens (tertiary/aromatic N) is 3. The van der Waals surface area contributed by atoms with Gasteiger partial charge in [-0.2, -0.15) is 4.68 Å². The van der Waals surface area contributed by atoms with Gasteiger partial charge in [0.2, 0.25) is 0 Å². The summed E-state index contributed by atoms with van der Waals surface area (Å²) in [5.41, 5.74) is 1.05. The minimum atomic E-state index is -0.505. The number of hydrogen-bond acceptors (Lipinski definition) is 3. The van der Waals surface area contributed by atoms with Crippen LogP contribution in [-0.4, -0.2) is 14.7 Å². The van der Waals surface area contributed by atoms with E-state index in [0.29, 0.717) is 11.0 Å². The molecule has 1 heterocycles. The molecule has 0 unspecified atom stereocenters. The normalized spacial score (nSPS) is 10.5. The molecule has 0 aliphatic carbocycles. The molecule has 7 heteroatoms. The number of rotatable bonds is 3. The third-order valence-electron chi connectivity index (χ3n) is 2.13. The van der Waals surface area contributed by atoms with E-state index in [9.17, 15) is 10.1 Å². The lowest BCUT2D eigenvalue weighted by Crippen LogP contribution is -2.01. The van der Waals surface area contributed by atoms with Gasteiger partial charge in [-0.3, -0.25) is 0 Å². The highest BCUT2D eigenvalue weighted by atomic mass is 127. The van der Waals surface area contributed by atoms with Crippen molar-refractivity contribution in [1.29, 1.82) is 0 Å². The molecule has 2 rings (SSSR count). The number of benzene rings is 1. The van der Waals surface area contributed by atoms with E-state index in [1.54, 1.807) is 10.9 Å². The van der Waals surface area contributed by atoms with Crippen molar-refractivity contribution in [3.05, 3.63) is 54.2 Å². The quantitative estimate of drug-likeness (QED) is 0.446. The van der Waals surface area contributed by atoms with Crippen molar-refractivity contribution in [1.82, 2.24) is 9.78 Å². The van der Waals surface area contributed by atoms with Crippen LogP contribution in [0.1, 0.15) is 5.56 Å². The van der Waals surface area contributed by atoms with Crippen molar-refractivity contribution in [3.63, 3.8) is 0 Å². The zero-order valence-electron chi connectivity index (χ0n) is 8.51. The van der Waals surface area contributed by atoms with Crippen LogP contribution in [0.3, 0.4) is 0 Å². The summed E-state index contributed by atoms with van der Waals surface area (Å²) >= 11 is 5.34. The van der Waals surface area contributed by atoms with E-state index in [-0.39, 0.29) is 5.82 Å². The minimum absolute atomic E-state index is 0.157. The van der Waals surface area contributed by atoms with Crippen LogP contribution in [0, 0.1) is 13.7 Å². The number of hydrogen-bond donors (Lipinski definition) is 0. The van der Waals surface area contributed by atoms with E-state index in [1.807, 2.05) is 24.3 Å². The summed E-state index contributed by atoms with van der Waals surface area (Å²) in [6.45, 7) is 0.517. The van der Waals surface area contributed by atoms with E-state index < -0.39 is 4.92 Å². The van der Waals surface area contributed by atoms with Crippen LogP contribution < -0.4 is 0 Å². The maximum absolute atomic E-state index is 10.6. The maximum atomic E-state index is 10.6. The van der Waals surface area contributed by atoms with Crippen LogP contribution >= 0.6 is 38.5 Å². The average Bonchev–Trinajstić information content (AvgIpc) is 2.63. The predicted molar refractivity (Wildman–Crippen MR) is 74.8 cm³/mol. The van der Waals surface area contributed by atoms with Crippen molar-refractivity contribution < 1.29 is 4.92 Å². The lowest BCUT2D eigenvalue weighted by molar-refractivity contribution is -0.390. The molecule has 1 aromatic carbocycles. The minimum Gasteiger partial charge on any atom is -0.358 e. The molecule has 0 bridgehead atoms. The van der Waals surface area contributed by atoms with Gasteiger partial charge in [-0.25, -0.2) is 0 Å². The molecular formula is C10H7BrIN3O2. The topological polar surface area (TPSA) is 61.0 Å². The second-order valence-corrected chi connectivity index (χ2v) is 5.48. The Bertz CT molecular complexity index is 553. The van der Waals surface area contributed by atoms with Crippen LogP contribution in [0.5, 0.6) is 0 Å². The molecule has 0 saturated heterocycles. The summed E-state index contributed by atoms with van der Waals surface area (Å²) in [6.07, 6.45) is 1.61. The highest BCUT2D eigenvalue weighted by Gasteiger charge is 2.18. The molecule has 5 nitrogen and oxygen atoms in total. The predicted octanol–water partition coefficient (Wildman–Crippen LogP) is 3.21. The van der Waals surface area contributed by atoms with Crippen LogP contribution in [0.2, 0.25) is 0 Å². The Morgan fingerprint density at radius 1 is 1.41 bits per heavy atom. The van der Waals surface area contributed by atoms with Crippen LogP contribution in [0.4, 0.5) is 5.82 Å². The van der Waals surface area contributed by atoms with Gasteiger partial charge in [-0.05, 0) is 61.1 Å². The summed E-state index contributed by atoms with van der Waals surface area (Å²) in [6, 6.07) is 7.93. The fraction of sp³-hybridized carbons (Fsp3) is 0.100. The average molecular weight is 408 g/mol. The molecule has 17 heavy (non-hydrogen) atoms. The van der Waals surface area contributed by atoms with E-state index in [0.717, 1.165) is 9.13 Å². The number of nitro groups is 1. The molecule has 2 aromatic rings. The van der Waals surface area contributed by atoms with Gasteiger partial charge in [0.1, 0.15) is 4.47 Å². The van der Waals surface area contributed by atoms with Crippen molar-refractivity contribution in [2.24, 2.45) is 0 Å². The highest BCUT2D eigenvalue weighted by molar-refractivity contribution is 14.1. The lowest BCUT2D eigenvalue weighted by atomic mass is 10.2. The SMILES string of the molecule is O=[N+]([O-])c1nn(Cc2ccc(I)cc2)cc1Br.